The molecule has 1 atom stereocenters. The van der Waals surface area contributed by atoms with Gasteiger partial charge in [-0.05, 0) is 24.8 Å². The number of nitrogens with zero attached hydrogens (tertiary/aromatic N) is 1. The monoisotopic (exact) mass is 330 g/mol. The third-order valence-corrected chi connectivity index (χ3v) is 5.00. The molecule has 2 heterocycles. The first-order chi connectivity index (χ1) is 11.3. The van der Waals surface area contributed by atoms with Crippen molar-refractivity contribution in [3.63, 3.8) is 0 Å². The van der Waals surface area contributed by atoms with Gasteiger partial charge >= 0.3 is 0 Å². The van der Waals surface area contributed by atoms with Gasteiger partial charge in [0.1, 0.15) is 0 Å². The smallest absolute Gasteiger partial charge is 0.225 e. The predicted molar refractivity (Wildman–Crippen MR) is 91.4 cm³/mol. The fourth-order valence-corrected chi connectivity index (χ4v) is 3.51. The second-order valence-electron chi connectivity index (χ2n) is 5.85. The molecule has 1 aliphatic rings. The molecule has 1 fully saturated rings. The molecule has 3 rings (SSSR count). The van der Waals surface area contributed by atoms with E-state index in [1.165, 1.54) is 5.56 Å². The third kappa shape index (κ3) is 4.88. The Balaban J connectivity index is 1.44. The molecule has 122 valence electrons. The SMILES string of the molecule is O=C(NCc1csc(CCc2ccccc2)n1)C1CCCOC1. The van der Waals surface area contributed by atoms with Crippen LogP contribution in [0, 0.1) is 5.92 Å². The van der Waals surface area contributed by atoms with Crippen molar-refractivity contribution >= 4 is 17.2 Å². The van der Waals surface area contributed by atoms with Gasteiger partial charge in [0.2, 0.25) is 5.91 Å². The van der Waals surface area contributed by atoms with Gasteiger partial charge < -0.3 is 10.1 Å². The fourth-order valence-electron chi connectivity index (χ4n) is 2.71. The van der Waals surface area contributed by atoms with Crippen LogP contribution >= 0.6 is 11.3 Å². The number of hydrogen-bond acceptors (Lipinski definition) is 4. The van der Waals surface area contributed by atoms with Gasteiger partial charge in [-0.15, -0.1) is 11.3 Å². The average molecular weight is 330 g/mol. The van der Waals surface area contributed by atoms with Crippen molar-refractivity contribution in [2.24, 2.45) is 5.92 Å². The summed E-state index contributed by atoms with van der Waals surface area (Å²) in [7, 11) is 0. The number of hydrogen-bond donors (Lipinski definition) is 1. The van der Waals surface area contributed by atoms with Crippen LogP contribution in [-0.4, -0.2) is 24.1 Å². The molecule has 1 aromatic heterocycles. The van der Waals surface area contributed by atoms with Crippen LogP contribution in [0.3, 0.4) is 0 Å². The molecule has 0 radical (unpaired) electrons. The topological polar surface area (TPSA) is 51.2 Å². The fraction of sp³-hybridized carbons (Fsp3) is 0.444. The van der Waals surface area contributed by atoms with Gasteiger partial charge in [0, 0.05) is 18.4 Å². The van der Waals surface area contributed by atoms with Gasteiger partial charge in [-0.1, -0.05) is 30.3 Å². The standard InChI is InChI=1S/C18H22N2O2S/c21-18(15-7-4-10-22-12-15)19-11-16-13-23-17(20-16)9-8-14-5-2-1-3-6-14/h1-3,5-6,13,15H,4,7-12H2,(H,19,21). The summed E-state index contributed by atoms with van der Waals surface area (Å²) in [5.74, 6) is 0.0865. The number of aromatic nitrogens is 1. The predicted octanol–water partition coefficient (Wildman–Crippen LogP) is 2.97. The first-order valence-electron chi connectivity index (χ1n) is 8.14. The van der Waals surface area contributed by atoms with Crippen molar-refractivity contribution in [2.45, 2.75) is 32.2 Å². The number of ether oxygens (including phenoxy) is 1. The van der Waals surface area contributed by atoms with Crippen LogP contribution in [0.5, 0.6) is 0 Å². The number of aryl methyl sites for hydroxylation is 2. The zero-order valence-electron chi connectivity index (χ0n) is 13.2. The van der Waals surface area contributed by atoms with Crippen molar-refractivity contribution in [2.75, 3.05) is 13.2 Å². The summed E-state index contributed by atoms with van der Waals surface area (Å²) in [5, 5.41) is 6.14. The lowest BCUT2D eigenvalue weighted by Gasteiger charge is -2.20. The second-order valence-corrected chi connectivity index (χ2v) is 6.79. The molecule has 0 bridgehead atoms. The number of benzene rings is 1. The Morgan fingerprint density at radius 3 is 2.96 bits per heavy atom. The summed E-state index contributed by atoms with van der Waals surface area (Å²) in [5.41, 5.74) is 2.28. The van der Waals surface area contributed by atoms with E-state index >= 15 is 0 Å². The van der Waals surface area contributed by atoms with Crippen LogP contribution in [0.4, 0.5) is 0 Å². The lowest BCUT2D eigenvalue weighted by molar-refractivity contribution is -0.129. The molecule has 0 saturated carbocycles. The van der Waals surface area contributed by atoms with Gasteiger partial charge in [-0.3, -0.25) is 4.79 Å². The van der Waals surface area contributed by atoms with E-state index in [0.717, 1.165) is 43.0 Å². The summed E-state index contributed by atoms with van der Waals surface area (Å²) in [4.78, 5) is 16.7. The second kappa shape index (κ2) is 8.22. The molecule has 4 nitrogen and oxygen atoms in total. The molecule has 23 heavy (non-hydrogen) atoms. The van der Waals surface area contributed by atoms with Crippen molar-refractivity contribution in [3.8, 4) is 0 Å². The van der Waals surface area contributed by atoms with Crippen LogP contribution in [0.25, 0.3) is 0 Å². The molecule has 1 unspecified atom stereocenters. The lowest BCUT2D eigenvalue weighted by atomic mass is 10.0. The molecule has 0 aliphatic carbocycles. The zero-order chi connectivity index (χ0) is 15.9. The highest BCUT2D eigenvalue weighted by molar-refractivity contribution is 7.09. The molecular formula is C18H22N2O2S. The average Bonchev–Trinajstić information content (AvgIpc) is 3.07. The summed E-state index contributed by atoms with van der Waals surface area (Å²) in [6.07, 6.45) is 3.84. The summed E-state index contributed by atoms with van der Waals surface area (Å²) >= 11 is 1.67. The van der Waals surface area contributed by atoms with Gasteiger partial charge in [-0.2, -0.15) is 0 Å². The van der Waals surface area contributed by atoms with E-state index in [4.69, 9.17) is 4.74 Å². The third-order valence-electron chi connectivity index (χ3n) is 4.04. The van der Waals surface area contributed by atoms with Gasteiger partial charge in [-0.25, -0.2) is 4.98 Å². The Kier molecular flexibility index (Phi) is 5.77. The normalized spacial score (nSPS) is 17.8. The summed E-state index contributed by atoms with van der Waals surface area (Å²) in [6.45, 7) is 1.84. The highest BCUT2D eigenvalue weighted by Gasteiger charge is 2.21. The van der Waals surface area contributed by atoms with E-state index in [9.17, 15) is 4.79 Å². The molecule has 1 saturated heterocycles. The number of nitrogens with one attached hydrogen (secondary N) is 1. The number of amides is 1. The van der Waals surface area contributed by atoms with Crippen LogP contribution in [0.2, 0.25) is 0 Å². The van der Waals surface area contributed by atoms with Crippen LogP contribution in [-0.2, 0) is 28.9 Å². The van der Waals surface area contributed by atoms with Gasteiger partial charge in [0.05, 0.1) is 29.8 Å². The summed E-state index contributed by atoms with van der Waals surface area (Å²) in [6, 6.07) is 10.4. The van der Waals surface area contributed by atoms with E-state index in [1.807, 2.05) is 11.4 Å². The maximum Gasteiger partial charge on any atom is 0.225 e. The highest BCUT2D eigenvalue weighted by atomic mass is 32.1. The Bertz CT molecular complexity index is 621. The minimum Gasteiger partial charge on any atom is -0.381 e. The first kappa shape index (κ1) is 16.1. The van der Waals surface area contributed by atoms with E-state index in [-0.39, 0.29) is 11.8 Å². The molecule has 1 amide bonds. The quantitative estimate of drug-likeness (QED) is 0.886. The largest absolute Gasteiger partial charge is 0.381 e. The number of rotatable bonds is 6. The minimum absolute atomic E-state index is 0.0000586. The Morgan fingerprint density at radius 2 is 2.17 bits per heavy atom. The maximum atomic E-state index is 12.1. The first-order valence-corrected chi connectivity index (χ1v) is 9.02. The zero-order valence-corrected chi connectivity index (χ0v) is 14.0. The van der Waals surface area contributed by atoms with Gasteiger partial charge in [0.15, 0.2) is 0 Å². The Morgan fingerprint density at radius 1 is 1.30 bits per heavy atom. The van der Waals surface area contributed by atoms with Crippen LogP contribution < -0.4 is 5.32 Å². The van der Waals surface area contributed by atoms with Crippen molar-refractivity contribution in [3.05, 3.63) is 52.0 Å². The minimum atomic E-state index is -0.0000586. The molecule has 2 aromatic rings. The van der Waals surface area contributed by atoms with E-state index in [0.29, 0.717) is 13.2 Å². The van der Waals surface area contributed by atoms with Crippen LogP contribution in [0.15, 0.2) is 35.7 Å². The van der Waals surface area contributed by atoms with E-state index in [1.54, 1.807) is 11.3 Å². The highest BCUT2D eigenvalue weighted by Crippen LogP contribution is 2.15. The Labute approximate surface area is 140 Å². The molecule has 1 N–H and O–H groups in total. The molecule has 0 spiro atoms. The van der Waals surface area contributed by atoms with Crippen molar-refractivity contribution in [1.82, 2.24) is 10.3 Å². The van der Waals surface area contributed by atoms with Crippen molar-refractivity contribution < 1.29 is 9.53 Å². The Hall–Kier alpha value is -1.72. The number of thiazole rings is 1. The molecule has 1 aliphatic heterocycles. The van der Waals surface area contributed by atoms with E-state index < -0.39 is 0 Å². The number of carbonyl (C=O) groups is 1. The lowest BCUT2D eigenvalue weighted by Crippen LogP contribution is -2.35. The maximum absolute atomic E-state index is 12.1. The molecule has 1 aromatic carbocycles. The molecule has 5 heteroatoms. The van der Waals surface area contributed by atoms with E-state index in [2.05, 4.69) is 34.6 Å². The van der Waals surface area contributed by atoms with Gasteiger partial charge in [0.25, 0.3) is 0 Å². The summed E-state index contributed by atoms with van der Waals surface area (Å²) < 4.78 is 5.36. The molecular weight excluding hydrogens is 308 g/mol. The van der Waals surface area contributed by atoms with Crippen LogP contribution in [0.1, 0.15) is 29.1 Å². The number of carbonyl (C=O) groups excluding carboxylic acids is 1. The van der Waals surface area contributed by atoms with Crippen molar-refractivity contribution in [1.29, 1.82) is 0 Å².